The molecule has 0 aliphatic heterocycles. The highest BCUT2D eigenvalue weighted by Gasteiger charge is 2.38. The number of ketones is 1. The summed E-state index contributed by atoms with van der Waals surface area (Å²) in [4.78, 5) is 26.7. The number of hydrogen-bond donors (Lipinski definition) is 0. The maximum absolute atomic E-state index is 14.9. The van der Waals surface area contributed by atoms with Crippen molar-refractivity contribution in [3.8, 4) is 28.7 Å². The molecule has 1 aromatic carbocycles. The molecule has 3 aliphatic rings. The summed E-state index contributed by atoms with van der Waals surface area (Å²) in [5, 5.41) is 9.46. The molecule has 2 aromatic heterocycles. The Morgan fingerprint density at radius 2 is 1.94 bits per heavy atom. The Morgan fingerprint density at radius 1 is 1.09 bits per heavy atom. The number of carbonyl (C=O) groups excluding carboxylic acids is 1. The van der Waals surface area contributed by atoms with E-state index in [0.717, 1.165) is 41.8 Å². The molecule has 0 spiro atoms. The van der Waals surface area contributed by atoms with Crippen LogP contribution < -0.4 is 0 Å². The molecule has 1 fully saturated rings. The summed E-state index contributed by atoms with van der Waals surface area (Å²) in [5.74, 6) is 0.529. The monoisotopic (exact) mass is 436 g/mol. The molecule has 6 rings (SSSR count). The van der Waals surface area contributed by atoms with E-state index in [1.807, 2.05) is 24.3 Å². The van der Waals surface area contributed by atoms with E-state index in [1.54, 1.807) is 24.4 Å². The van der Waals surface area contributed by atoms with Crippen LogP contribution in [0.1, 0.15) is 54.5 Å². The molecule has 6 heteroatoms. The lowest BCUT2D eigenvalue weighted by Gasteiger charge is -2.34. The van der Waals surface area contributed by atoms with E-state index in [1.165, 1.54) is 6.07 Å². The minimum Gasteiger partial charge on any atom is -0.293 e. The van der Waals surface area contributed by atoms with Gasteiger partial charge in [-0.3, -0.25) is 9.78 Å². The van der Waals surface area contributed by atoms with Crippen LogP contribution in [0.2, 0.25) is 0 Å². The smallest absolute Gasteiger partial charge is 0.173 e. The second-order valence-electron chi connectivity index (χ2n) is 9.13. The van der Waals surface area contributed by atoms with Crippen molar-refractivity contribution in [3.63, 3.8) is 0 Å². The van der Waals surface area contributed by atoms with E-state index < -0.39 is 0 Å². The predicted molar refractivity (Wildman–Crippen MR) is 121 cm³/mol. The summed E-state index contributed by atoms with van der Waals surface area (Å²) in [6, 6.07) is 12.6. The first kappa shape index (κ1) is 19.9. The van der Waals surface area contributed by atoms with Gasteiger partial charge in [0, 0.05) is 46.8 Å². The molecule has 3 aromatic rings. The van der Waals surface area contributed by atoms with Crippen LogP contribution in [-0.2, 0) is 11.2 Å². The number of nitrogens with zero attached hydrogens (tertiary/aromatic N) is 4. The van der Waals surface area contributed by atoms with Crippen LogP contribution in [0.5, 0.6) is 0 Å². The van der Waals surface area contributed by atoms with Crippen molar-refractivity contribution in [1.29, 1.82) is 5.26 Å². The number of pyridine rings is 1. The summed E-state index contributed by atoms with van der Waals surface area (Å²) >= 11 is 0. The highest BCUT2D eigenvalue weighted by molar-refractivity contribution is 6.00. The predicted octanol–water partition coefficient (Wildman–Crippen LogP) is 5.29. The molecule has 2 unspecified atom stereocenters. The third-order valence-corrected chi connectivity index (χ3v) is 7.01. The van der Waals surface area contributed by atoms with Crippen LogP contribution in [0.3, 0.4) is 0 Å². The normalized spacial score (nSPS) is 21.6. The Hall–Kier alpha value is -3.72. The number of nitriles is 1. The Kier molecular flexibility index (Phi) is 4.65. The Labute approximate surface area is 191 Å². The fourth-order valence-corrected chi connectivity index (χ4v) is 5.12. The van der Waals surface area contributed by atoms with Gasteiger partial charge in [-0.2, -0.15) is 5.26 Å². The van der Waals surface area contributed by atoms with Crippen molar-refractivity contribution in [2.45, 2.75) is 43.9 Å². The first-order chi connectivity index (χ1) is 16.1. The fourth-order valence-electron chi connectivity index (χ4n) is 5.12. The molecular weight excluding hydrogens is 415 g/mol. The van der Waals surface area contributed by atoms with Gasteiger partial charge in [0.15, 0.2) is 11.6 Å². The Morgan fingerprint density at radius 3 is 2.73 bits per heavy atom. The minimum atomic E-state index is -0.327. The minimum absolute atomic E-state index is 0.0952. The molecule has 162 valence electrons. The van der Waals surface area contributed by atoms with Crippen molar-refractivity contribution in [2.24, 2.45) is 5.92 Å². The van der Waals surface area contributed by atoms with E-state index in [4.69, 9.17) is 9.97 Å². The van der Waals surface area contributed by atoms with Crippen molar-refractivity contribution < 1.29 is 9.18 Å². The van der Waals surface area contributed by atoms with Gasteiger partial charge in [-0.25, -0.2) is 14.4 Å². The molecule has 0 saturated heterocycles. The molecule has 0 radical (unpaired) electrons. The molecule has 0 amide bonds. The highest BCUT2D eigenvalue weighted by atomic mass is 19.1. The zero-order valence-corrected chi connectivity index (χ0v) is 18.0. The van der Waals surface area contributed by atoms with Gasteiger partial charge in [-0.05, 0) is 55.9 Å². The average Bonchev–Trinajstić information content (AvgIpc) is 3.69. The molecule has 0 bridgehead atoms. The number of Topliss-reactive ketones (excluding diaryl/α,β-unsaturated/α-hetero) is 1. The second kappa shape index (κ2) is 7.70. The van der Waals surface area contributed by atoms with Gasteiger partial charge in [0.1, 0.15) is 11.9 Å². The molecule has 33 heavy (non-hydrogen) atoms. The largest absolute Gasteiger partial charge is 0.293 e. The zero-order chi connectivity index (χ0) is 22.5. The lowest BCUT2D eigenvalue weighted by molar-refractivity contribution is -0.116. The van der Waals surface area contributed by atoms with E-state index in [2.05, 4.69) is 4.98 Å². The van der Waals surface area contributed by atoms with Gasteiger partial charge in [-0.1, -0.05) is 18.2 Å². The Balaban J connectivity index is 1.58. The first-order valence-corrected chi connectivity index (χ1v) is 11.4. The van der Waals surface area contributed by atoms with Gasteiger partial charge in [-0.15, -0.1) is 0 Å². The SMILES string of the molecule is N#CC1=CC2c3nc(-c4ccnc(C5CC5)c4)nc(-c4ccccc4F)c3CCC2CC1=O. The average molecular weight is 436 g/mol. The third kappa shape index (κ3) is 3.45. The van der Waals surface area contributed by atoms with Crippen molar-refractivity contribution in [3.05, 3.63) is 77.0 Å². The number of allylic oxidation sites excluding steroid dienone is 2. The number of hydrogen-bond acceptors (Lipinski definition) is 5. The summed E-state index contributed by atoms with van der Waals surface area (Å²) in [6.45, 7) is 0. The standard InChI is InChI=1S/C27H21FN4O/c28-22-4-2-1-3-19(22)25-20-8-7-16-13-24(33)18(14-29)11-21(16)26(20)32-27(31-25)17-9-10-30-23(12-17)15-5-6-15/h1-4,9-12,15-16,21H,5-8,13H2. The zero-order valence-electron chi connectivity index (χ0n) is 18.0. The van der Waals surface area contributed by atoms with Gasteiger partial charge in [0.05, 0.1) is 17.0 Å². The van der Waals surface area contributed by atoms with Crippen molar-refractivity contribution >= 4 is 5.78 Å². The van der Waals surface area contributed by atoms with Crippen LogP contribution in [-0.4, -0.2) is 20.7 Å². The highest BCUT2D eigenvalue weighted by Crippen LogP contribution is 2.45. The van der Waals surface area contributed by atoms with Gasteiger partial charge >= 0.3 is 0 Å². The van der Waals surface area contributed by atoms with Gasteiger partial charge in [0.2, 0.25) is 0 Å². The number of fused-ring (bicyclic) bond motifs is 3. The first-order valence-electron chi connectivity index (χ1n) is 11.4. The molecule has 2 heterocycles. The third-order valence-electron chi connectivity index (χ3n) is 7.01. The maximum Gasteiger partial charge on any atom is 0.173 e. The van der Waals surface area contributed by atoms with E-state index in [-0.39, 0.29) is 29.0 Å². The number of benzene rings is 1. The summed E-state index contributed by atoms with van der Waals surface area (Å²) in [5.41, 5.74) is 4.84. The van der Waals surface area contributed by atoms with Gasteiger partial charge < -0.3 is 0 Å². The fraction of sp³-hybridized carbons (Fsp3) is 0.296. The molecule has 0 N–H and O–H groups in total. The molecule has 3 aliphatic carbocycles. The number of carbonyl (C=O) groups is 1. The van der Waals surface area contributed by atoms with E-state index in [0.29, 0.717) is 35.8 Å². The van der Waals surface area contributed by atoms with Crippen LogP contribution in [0, 0.1) is 23.1 Å². The maximum atomic E-state index is 14.9. The number of aromatic nitrogens is 3. The number of halogens is 1. The Bertz CT molecular complexity index is 1370. The van der Waals surface area contributed by atoms with E-state index >= 15 is 0 Å². The number of rotatable bonds is 3. The van der Waals surface area contributed by atoms with Crippen LogP contribution in [0.4, 0.5) is 4.39 Å². The summed E-state index contributed by atoms with van der Waals surface area (Å²) in [7, 11) is 0. The van der Waals surface area contributed by atoms with Gasteiger partial charge in [0.25, 0.3) is 0 Å². The van der Waals surface area contributed by atoms with E-state index in [9.17, 15) is 14.4 Å². The lowest BCUT2D eigenvalue weighted by atomic mass is 9.70. The summed E-state index contributed by atoms with van der Waals surface area (Å²) in [6.07, 6.45) is 7.63. The second-order valence-corrected chi connectivity index (χ2v) is 9.13. The molecular formula is C27H21FN4O. The quantitative estimate of drug-likeness (QED) is 0.557. The topological polar surface area (TPSA) is 79.5 Å². The summed E-state index contributed by atoms with van der Waals surface area (Å²) < 4.78 is 14.9. The molecule has 5 nitrogen and oxygen atoms in total. The molecule has 2 atom stereocenters. The van der Waals surface area contributed by atoms with Crippen LogP contribution in [0.15, 0.2) is 54.2 Å². The van der Waals surface area contributed by atoms with Crippen LogP contribution in [0.25, 0.3) is 22.6 Å². The molecule has 1 saturated carbocycles. The van der Waals surface area contributed by atoms with Crippen molar-refractivity contribution in [2.75, 3.05) is 0 Å². The van der Waals surface area contributed by atoms with Crippen LogP contribution >= 0.6 is 0 Å². The van der Waals surface area contributed by atoms with Crippen molar-refractivity contribution in [1.82, 2.24) is 15.0 Å². The lowest BCUT2D eigenvalue weighted by Crippen LogP contribution is -2.29.